The summed E-state index contributed by atoms with van der Waals surface area (Å²) in [7, 11) is 0.500. The molecule has 0 saturated carbocycles. The molecule has 0 aromatic heterocycles. The lowest BCUT2D eigenvalue weighted by atomic mass is 10.2. The molecule has 0 fully saturated rings. The highest BCUT2D eigenvalue weighted by Crippen LogP contribution is 2.06. The zero-order chi connectivity index (χ0) is 18.2. The minimum absolute atomic E-state index is 0.250. The fraction of sp³-hybridized carbons (Fsp3) is 0.467. The quantitative estimate of drug-likeness (QED) is 0.370. The molecule has 0 aliphatic rings. The first kappa shape index (κ1) is 27.8. The van der Waals surface area contributed by atoms with Gasteiger partial charge in [-0.2, -0.15) is 0 Å². The average Bonchev–Trinajstić information content (AvgIpc) is 2.55. The lowest BCUT2D eigenvalue weighted by Crippen LogP contribution is -2.32. The summed E-state index contributed by atoms with van der Waals surface area (Å²) >= 11 is 0. The highest BCUT2D eigenvalue weighted by atomic mass is 19.2. The Kier molecular flexibility index (Phi) is 24.6. The molecule has 0 aliphatic carbocycles. The summed E-state index contributed by atoms with van der Waals surface area (Å²) in [5.74, 6) is -6.72. The summed E-state index contributed by atoms with van der Waals surface area (Å²) in [5, 5.41) is -1.13. The average molecular weight is 318 g/mol. The summed E-state index contributed by atoms with van der Waals surface area (Å²) < 4.78 is 69.6. The van der Waals surface area contributed by atoms with Crippen molar-refractivity contribution in [3.05, 3.63) is 33.7 Å². The van der Waals surface area contributed by atoms with Gasteiger partial charge in [0.15, 0.2) is 23.3 Å². The molecule has 0 unspecified atom stereocenters. The van der Waals surface area contributed by atoms with Crippen LogP contribution in [0, 0.1) is 23.3 Å². The summed E-state index contributed by atoms with van der Waals surface area (Å²) in [6.45, 7) is 15.2. The van der Waals surface area contributed by atoms with Crippen molar-refractivity contribution in [1.82, 2.24) is 0 Å². The summed E-state index contributed by atoms with van der Waals surface area (Å²) in [6, 6.07) is 0. The van der Waals surface area contributed by atoms with Gasteiger partial charge in [0.2, 0.25) is 0 Å². The Labute approximate surface area is 122 Å². The van der Waals surface area contributed by atoms with E-state index in [4.69, 9.17) is 0 Å². The third kappa shape index (κ3) is 9.98. The molecular weight excluding hydrogens is 294 g/mol. The first-order valence-electron chi connectivity index (χ1n) is 6.32. The smallest absolute Gasteiger partial charge is 0.198 e. The van der Waals surface area contributed by atoms with Crippen LogP contribution in [0.2, 0.25) is 0 Å². The standard InChI is InChI=1S/C8H4F4.C2H5F.2C2H6.CH3F/c1-3-4(2)6(10)8(12)7(11)5(3)9;1-2-3;3*1-2/h1-2H2;2H2,1H3;2*1-2H3;1H3. The molecule has 0 aliphatic heterocycles. The van der Waals surface area contributed by atoms with Gasteiger partial charge in [0.05, 0.1) is 13.9 Å². The van der Waals surface area contributed by atoms with Crippen LogP contribution in [0.15, 0.2) is 0 Å². The van der Waals surface area contributed by atoms with Gasteiger partial charge in [-0.3, -0.25) is 8.78 Å². The van der Waals surface area contributed by atoms with Crippen molar-refractivity contribution >= 4 is 13.2 Å². The molecule has 0 nitrogen and oxygen atoms in total. The molecule has 0 amide bonds. The zero-order valence-electron chi connectivity index (χ0n) is 13.4. The van der Waals surface area contributed by atoms with E-state index in [1.807, 2.05) is 27.7 Å². The van der Waals surface area contributed by atoms with Gasteiger partial charge in [0.1, 0.15) is 0 Å². The molecule has 1 aromatic rings. The van der Waals surface area contributed by atoms with Crippen molar-refractivity contribution in [1.29, 1.82) is 0 Å². The molecule has 0 bridgehead atoms. The molecule has 21 heavy (non-hydrogen) atoms. The van der Waals surface area contributed by atoms with E-state index in [0.717, 1.165) is 0 Å². The number of rotatable bonds is 0. The van der Waals surface area contributed by atoms with Gasteiger partial charge in [0, 0.05) is 10.4 Å². The van der Waals surface area contributed by atoms with E-state index in [2.05, 4.69) is 13.2 Å². The molecule has 0 saturated heterocycles. The summed E-state index contributed by atoms with van der Waals surface area (Å²) in [6.07, 6.45) is 0. The van der Waals surface area contributed by atoms with Gasteiger partial charge in [-0.05, 0) is 6.92 Å². The second kappa shape index (κ2) is 18.5. The van der Waals surface area contributed by atoms with Crippen LogP contribution in [0.3, 0.4) is 0 Å². The van der Waals surface area contributed by atoms with Crippen LogP contribution in [-0.2, 0) is 0 Å². The molecule has 6 heteroatoms. The molecule has 126 valence electrons. The van der Waals surface area contributed by atoms with Crippen LogP contribution in [0.1, 0.15) is 34.6 Å². The highest BCUT2D eigenvalue weighted by molar-refractivity contribution is 5.21. The second-order valence-corrected chi connectivity index (χ2v) is 2.48. The summed E-state index contributed by atoms with van der Waals surface area (Å²) in [4.78, 5) is 0. The topological polar surface area (TPSA) is 0 Å². The molecule has 0 N–H and O–H groups in total. The van der Waals surface area contributed by atoms with Crippen LogP contribution in [-0.4, -0.2) is 13.9 Å². The number of halogens is 6. The molecule has 0 radical (unpaired) electrons. The Balaban J connectivity index is -0.000000136. The van der Waals surface area contributed by atoms with Gasteiger partial charge >= 0.3 is 0 Å². The number of benzene rings is 1. The van der Waals surface area contributed by atoms with Crippen molar-refractivity contribution in [2.45, 2.75) is 34.6 Å². The number of hydrogen-bond acceptors (Lipinski definition) is 0. The normalized spacial score (nSPS) is 7.62. The predicted octanol–water partition coefficient (Wildman–Crippen LogP) is 4.68. The van der Waals surface area contributed by atoms with Gasteiger partial charge in [0.25, 0.3) is 0 Å². The zero-order valence-corrected chi connectivity index (χ0v) is 13.4. The summed E-state index contributed by atoms with van der Waals surface area (Å²) in [5.41, 5.74) is 0. The monoisotopic (exact) mass is 318 g/mol. The maximum Gasteiger partial charge on any atom is 0.198 e. The Morgan fingerprint density at radius 3 is 0.952 bits per heavy atom. The van der Waals surface area contributed by atoms with Crippen LogP contribution in [0.4, 0.5) is 26.3 Å². The minimum Gasteiger partial charge on any atom is -0.255 e. The maximum atomic E-state index is 12.5. The first-order valence-corrected chi connectivity index (χ1v) is 6.32. The Hall–Kier alpha value is -1.46. The molecule has 0 heterocycles. The molecule has 1 aromatic carbocycles. The van der Waals surface area contributed by atoms with E-state index in [1.54, 1.807) is 0 Å². The number of hydrogen-bond donors (Lipinski definition) is 0. The molecule has 1 rings (SSSR count). The van der Waals surface area contributed by atoms with E-state index < -0.39 is 33.7 Å². The number of alkyl halides is 2. The van der Waals surface area contributed by atoms with Gasteiger partial charge < -0.3 is 0 Å². The third-order valence-electron chi connectivity index (χ3n) is 1.47. The van der Waals surface area contributed by atoms with E-state index in [-0.39, 0.29) is 6.67 Å². The van der Waals surface area contributed by atoms with E-state index in [1.165, 1.54) is 6.92 Å². The second-order valence-electron chi connectivity index (χ2n) is 2.48. The van der Waals surface area contributed by atoms with Crippen LogP contribution in [0.25, 0.3) is 13.2 Å². The van der Waals surface area contributed by atoms with Crippen molar-refractivity contribution in [2.75, 3.05) is 13.9 Å². The fourth-order valence-electron chi connectivity index (χ4n) is 0.723. The third-order valence-corrected chi connectivity index (χ3v) is 1.47. The van der Waals surface area contributed by atoms with Crippen LogP contribution >= 0.6 is 0 Å². The van der Waals surface area contributed by atoms with Crippen LogP contribution in [0.5, 0.6) is 0 Å². The van der Waals surface area contributed by atoms with Crippen molar-refractivity contribution < 1.29 is 26.3 Å². The Bertz CT molecular complexity index is 402. The lowest BCUT2D eigenvalue weighted by molar-refractivity contribution is 0.402. The SMILES string of the molecule is C=c1c(F)c(F)c(F)c(F)c1=C.CC.CC.CCF.CF. The van der Waals surface area contributed by atoms with E-state index >= 15 is 0 Å². The highest BCUT2D eigenvalue weighted by Gasteiger charge is 2.15. The predicted molar refractivity (Wildman–Crippen MR) is 77.9 cm³/mol. The Morgan fingerprint density at radius 2 is 0.810 bits per heavy atom. The largest absolute Gasteiger partial charge is 0.255 e. The maximum absolute atomic E-state index is 12.5. The van der Waals surface area contributed by atoms with Crippen molar-refractivity contribution in [3.8, 4) is 0 Å². The molecule has 0 spiro atoms. The lowest BCUT2D eigenvalue weighted by Gasteiger charge is -1.97. The molecule has 0 atom stereocenters. The Morgan fingerprint density at radius 1 is 0.667 bits per heavy atom. The van der Waals surface area contributed by atoms with E-state index in [9.17, 15) is 26.3 Å². The molecular formula is C15H24F6. The van der Waals surface area contributed by atoms with Gasteiger partial charge in [-0.25, -0.2) is 17.6 Å². The first-order chi connectivity index (χ1) is 9.88. The minimum atomic E-state index is -1.86. The van der Waals surface area contributed by atoms with Gasteiger partial charge in [-0.15, -0.1) is 0 Å². The van der Waals surface area contributed by atoms with Crippen LogP contribution < -0.4 is 10.4 Å². The van der Waals surface area contributed by atoms with Crippen molar-refractivity contribution in [3.63, 3.8) is 0 Å². The fourth-order valence-corrected chi connectivity index (χ4v) is 0.723. The van der Waals surface area contributed by atoms with Gasteiger partial charge in [-0.1, -0.05) is 40.9 Å². The van der Waals surface area contributed by atoms with E-state index in [0.29, 0.717) is 7.18 Å². The van der Waals surface area contributed by atoms with Crippen molar-refractivity contribution in [2.24, 2.45) is 0 Å².